The van der Waals surface area contributed by atoms with Crippen molar-refractivity contribution in [2.45, 2.75) is 19.1 Å². The molecule has 1 unspecified atom stereocenters. The standard InChI is InChI=1S/C13H20N2O2S/c1-10(7-16)8-18-9-12-4-2-11(3-5-12)6-13(17)15-14/h2-5,10,16H,6-9,14H2,1H3,(H,15,17). The van der Waals surface area contributed by atoms with Gasteiger partial charge >= 0.3 is 0 Å². The maximum atomic E-state index is 11.1. The lowest BCUT2D eigenvalue weighted by molar-refractivity contribution is -0.120. The van der Waals surface area contributed by atoms with Gasteiger partial charge in [0.1, 0.15) is 0 Å². The Bertz CT molecular complexity index is 368. The van der Waals surface area contributed by atoms with E-state index in [0.29, 0.717) is 12.3 Å². The van der Waals surface area contributed by atoms with E-state index in [9.17, 15) is 4.79 Å². The predicted molar refractivity (Wildman–Crippen MR) is 74.9 cm³/mol. The number of benzene rings is 1. The molecule has 4 N–H and O–H groups in total. The molecule has 0 aliphatic rings. The van der Waals surface area contributed by atoms with Crippen LogP contribution in [0.15, 0.2) is 24.3 Å². The number of hydrogen-bond acceptors (Lipinski definition) is 4. The molecule has 1 amide bonds. The highest BCUT2D eigenvalue weighted by atomic mass is 32.2. The number of aliphatic hydroxyl groups excluding tert-OH is 1. The summed E-state index contributed by atoms with van der Waals surface area (Å²) in [5.41, 5.74) is 4.29. The lowest BCUT2D eigenvalue weighted by Crippen LogP contribution is -2.31. The summed E-state index contributed by atoms with van der Waals surface area (Å²) in [7, 11) is 0. The SMILES string of the molecule is CC(CO)CSCc1ccc(CC(=O)NN)cc1. The van der Waals surface area contributed by atoms with Gasteiger partial charge in [-0.05, 0) is 22.8 Å². The first-order chi connectivity index (χ1) is 8.65. The molecule has 1 aromatic carbocycles. The summed E-state index contributed by atoms with van der Waals surface area (Å²) < 4.78 is 0. The number of thioether (sulfide) groups is 1. The number of hydrogen-bond donors (Lipinski definition) is 3. The second kappa shape index (κ2) is 8.13. The third-order valence-electron chi connectivity index (χ3n) is 2.53. The molecule has 0 spiro atoms. The van der Waals surface area contributed by atoms with E-state index in [4.69, 9.17) is 10.9 Å². The molecule has 0 saturated heterocycles. The van der Waals surface area contributed by atoms with E-state index < -0.39 is 0 Å². The van der Waals surface area contributed by atoms with Gasteiger partial charge in [-0.2, -0.15) is 11.8 Å². The van der Waals surface area contributed by atoms with Crippen molar-refractivity contribution < 1.29 is 9.90 Å². The second-order valence-electron chi connectivity index (χ2n) is 4.36. The Morgan fingerprint density at radius 2 is 2.00 bits per heavy atom. The number of nitrogens with two attached hydrogens (primary N) is 1. The van der Waals surface area contributed by atoms with Crippen LogP contribution >= 0.6 is 11.8 Å². The average Bonchev–Trinajstić information content (AvgIpc) is 2.40. The van der Waals surface area contributed by atoms with E-state index in [0.717, 1.165) is 17.1 Å². The Labute approximate surface area is 112 Å². The average molecular weight is 268 g/mol. The molecule has 0 aliphatic heterocycles. The molecule has 1 rings (SSSR count). The van der Waals surface area contributed by atoms with E-state index in [1.54, 1.807) is 11.8 Å². The molecule has 1 atom stereocenters. The third-order valence-corrected chi connectivity index (χ3v) is 3.87. The molecule has 18 heavy (non-hydrogen) atoms. The minimum atomic E-state index is -0.186. The first-order valence-electron chi connectivity index (χ1n) is 5.91. The van der Waals surface area contributed by atoms with Gasteiger partial charge in [0.25, 0.3) is 0 Å². The van der Waals surface area contributed by atoms with Gasteiger partial charge in [-0.15, -0.1) is 0 Å². The van der Waals surface area contributed by atoms with Crippen molar-refractivity contribution in [3.63, 3.8) is 0 Å². The van der Waals surface area contributed by atoms with Crippen LogP contribution in [0.5, 0.6) is 0 Å². The van der Waals surface area contributed by atoms with Crippen LogP contribution in [0.1, 0.15) is 18.1 Å². The first kappa shape index (κ1) is 15.0. The molecule has 5 heteroatoms. The summed E-state index contributed by atoms with van der Waals surface area (Å²) in [4.78, 5) is 11.1. The molecule has 100 valence electrons. The van der Waals surface area contributed by atoms with Crippen LogP contribution in [0.25, 0.3) is 0 Å². The van der Waals surface area contributed by atoms with Crippen molar-refractivity contribution in [2.75, 3.05) is 12.4 Å². The monoisotopic (exact) mass is 268 g/mol. The lowest BCUT2D eigenvalue weighted by Gasteiger charge is -2.07. The largest absolute Gasteiger partial charge is 0.396 e. The summed E-state index contributed by atoms with van der Waals surface area (Å²) >= 11 is 1.80. The van der Waals surface area contributed by atoms with Crippen molar-refractivity contribution >= 4 is 17.7 Å². The Kier molecular flexibility index (Phi) is 6.78. The van der Waals surface area contributed by atoms with E-state index in [-0.39, 0.29) is 12.5 Å². The minimum Gasteiger partial charge on any atom is -0.396 e. The number of carbonyl (C=O) groups excluding carboxylic acids is 1. The van der Waals surface area contributed by atoms with Gasteiger partial charge in [0.2, 0.25) is 5.91 Å². The van der Waals surface area contributed by atoms with Crippen molar-refractivity contribution in [1.82, 2.24) is 5.43 Å². The van der Waals surface area contributed by atoms with Gasteiger partial charge in [0.15, 0.2) is 0 Å². The fourth-order valence-corrected chi connectivity index (χ4v) is 2.47. The van der Waals surface area contributed by atoms with Gasteiger partial charge in [-0.1, -0.05) is 31.2 Å². The highest BCUT2D eigenvalue weighted by molar-refractivity contribution is 7.98. The number of rotatable bonds is 7. The molecular formula is C13H20N2O2S. The van der Waals surface area contributed by atoms with Crippen LogP contribution in [-0.4, -0.2) is 23.4 Å². The summed E-state index contributed by atoms with van der Waals surface area (Å²) in [5, 5.41) is 8.91. The normalized spacial score (nSPS) is 12.2. The molecule has 4 nitrogen and oxygen atoms in total. The highest BCUT2D eigenvalue weighted by Crippen LogP contribution is 2.16. The van der Waals surface area contributed by atoms with Gasteiger partial charge in [0.05, 0.1) is 6.42 Å². The van der Waals surface area contributed by atoms with Crippen molar-refractivity contribution in [3.8, 4) is 0 Å². The fourth-order valence-electron chi connectivity index (χ4n) is 1.42. The van der Waals surface area contributed by atoms with Crippen LogP contribution in [0.3, 0.4) is 0 Å². The lowest BCUT2D eigenvalue weighted by atomic mass is 10.1. The second-order valence-corrected chi connectivity index (χ2v) is 5.39. The Hall–Kier alpha value is -1.04. The predicted octanol–water partition coefficient (Wildman–Crippen LogP) is 1.08. The van der Waals surface area contributed by atoms with Crippen LogP contribution < -0.4 is 11.3 Å². The zero-order valence-corrected chi connectivity index (χ0v) is 11.4. The number of hydrazine groups is 1. The third kappa shape index (κ3) is 5.53. The number of amides is 1. The van der Waals surface area contributed by atoms with E-state index in [2.05, 4.69) is 5.43 Å². The molecule has 0 fully saturated rings. The number of nitrogens with one attached hydrogen (secondary N) is 1. The van der Waals surface area contributed by atoms with E-state index in [1.165, 1.54) is 5.56 Å². The first-order valence-corrected chi connectivity index (χ1v) is 7.07. The summed E-state index contributed by atoms with van der Waals surface area (Å²) in [6, 6.07) is 7.94. The molecule has 0 aliphatic carbocycles. The van der Waals surface area contributed by atoms with E-state index >= 15 is 0 Å². The Morgan fingerprint density at radius 3 is 2.56 bits per heavy atom. The fraction of sp³-hybridized carbons (Fsp3) is 0.462. The van der Waals surface area contributed by atoms with Crippen LogP contribution in [0.4, 0.5) is 0 Å². The van der Waals surface area contributed by atoms with Gasteiger partial charge < -0.3 is 5.11 Å². The minimum absolute atomic E-state index is 0.186. The smallest absolute Gasteiger partial charge is 0.238 e. The van der Waals surface area contributed by atoms with Crippen molar-refractivity contribution in [3.05, 3.63) is 35.4 Å². The molecule has 0 saturated carbocycles. The quantitative estimate of drug-likeness (QED) is 0.393. The molecule has 0 aromatic heterocycles. The molecule has 1 aromatic rings. The van der Waals surface area contributed by atoms with Gasteiger partial charge in [-0.3, -0.25) is 10.2 Å². The maximum Gasteiger partial charge on any atom is 0.238 e. The Morgan fingerprint density at radius 1 is 1.39 bits per heavy atom. The van der Waals surface area contributed by atoms with Crippen LogP contribution in [0, 0.1) is 5.92 Å². The molecule has 0 radical (unpaired) electrons. The number of aliphatic hydroxyl groups is 1. The summed E-state index contributed by atoms with van der Waals surface area (Å²) in [5.74, 6) is 7.06. The van der Waals surface area contributed by atoms with Crippen molar-refractivity contribution in [2.24, 2.45) is 11.8 Å². The molecule has 0 bridgehead atoms. The summed E-state index contributed by atoms with van der Waals surface area (Å²) in [6.45, 7) is 2.27. The number of carbonyl (C=O) groups is 1. The molecular weight excluding hydrogens is 248 g/mol. The highest BCUT2D eigenvalue weighted by Gasteiger charge is 2.03. The van der Waals surface area contributed by atoms with Gasteiger partial charge in [0, 0.05) is 12.4 Å². The zero-order chi connectivity index (χ0) is 13.4. The zero-order valence-electron chi connectivity index (χ0n) is 10.6. The van der Waals surface area contributed by atoms with Crippen molar-refractivity contribution in [1.29, 1.82) is 0 Å². The molecule has 0 heterocycles. The van der Waals surface area contributed by atoms with Crippen LogP contribution in [-0.2, 0) is 17.0 Å². The van der Waals surface area contributed by atoms with E-state index in [1.807, 2.05) is 31.2 Å². The topological polar surface area (TPSA) is 75.3 Å². The van der Waals surface area contributed by atoms with Crippen LogP contribution in [0.2, 0.25) is 0 Å². The van der Waals surface area contributed by atoms with Gasteiger partial charge in [-0.25, -0.2) is 5.84 Å². The Balaban J connectivity index is 2.38. The summed E-state index contributed by atoms with van der Waals surface area (Å²) in [6.07, 6.45) is 0.311. The maximum absolute atomic E-state index is 11.1.